The number of aliphatic hydroxyl groups is 1. The smallest absolute Gasteiger partial charge is 0.334 e. The van der Waals surface area contributed by atoms with Gasteiger partial charge in [0.1, 0.15) is 0 Å². The zero-order valence-electron chi connectivity index (χ0n) is 10.9. The van der Waals surface area contributed by atoms with Crippen molar-refractivity contribution in [2.45, 2.75) is 31.4 Å². The van der Waals surface area contributed by atoms with Gasteiger partial charge in [-0.25, -0.2) is 9.59 Å². The van der Waals surface area contributed by atoms with Crippen molar-refractivity contribution in [2.75, 3.05) is 32.7 Å². The van der Waals surface area contributed by atoms with Crippen molar-refractivity contribution in [3.8, 4) is 0 Å². The molecule has 2 unspecified atom stereocenters. The molecule has 2 aliphatic heterocycles. The van der Waals surface area contributed by atoms with Gasteiger partial charge >= 0.3 is 12.0 Å². The molecule has 2 rings (SSSR count). The molecule has 2 aliphatic rings. The Morgan fingerprint density at radius 1 is 1.26 bits per heavy atom. The zero-order chi connectivity index (χ0) is 13.8. The maximum atomic E-state index is 12.0. The van der Waals surface area contributed by atoms with Crippen molar-refractivity contribution < 1.29 is 19.8 Å². The fourth-order valence-corrected chi connectivity index (χ4v) is 2.77. The van der Waals surface area contributed by atoms with E-state index in [-0.39, 0.29) is 12.6 Å². The minimum Gasteiger partial charge on any atom is -0.479 e. The normalized spacial score (nSPS) is 25.5. The van der Waals surface area contributed by atoms with Crippen LogP contribution in [0, 0.1) is 0 Å². The highest BCUT2D eigenvalue weighted by molar-refractivity contribution is 5.76. The van der Waals surface area contributed by atoms with E-state index < -0.39 is 12.1 Å². The first-order chi connectivity index (χ1) is 9.08. The van der Waals surface area contributed by atoms with E-state index in [1.807, 2.05) is 0 Å². The summed E-state index contributed by atoms with van der Waals surface area (Å²) in [6.45, 7) is 3.25. The van der Waals surface area contributed by atoms with Gasteiger partial charge in [-0.1, -0.05) is 0 Å². The summed E-state index contributed by atoms with van der Waals surface area (Å²) in [5.41, 5.74) is 0. The molecule has 0 saturated carbocycles. The molecule has 2 atom stereocenters. The van der Waals surface area contributed by atoms with Crippen LogP contribution in [0.2, 0.25) is 0 Å². The van der Waals surface area contributed by atoms with E-state index in [1.165, 1.54) is 6.42 Å². The minimum atomic E-state index is -1.54. The molecule has 2 amide bonds. The SMILES string of the molecule is O=C(O)C(O)CNC(=O)N1CCCN2CCCC2C1. The van der Waals surface area contributed by atoms with Crippen molar-refractivity contribution in [1.29, 1.82) is 0 Å². The van der Waals surface area contributed by atoms with Crippen LogP contribution in [0.5, 0.6) is 0 Å². The maximum Gasteiger partial charge on any atom is 0.334 e. The summed E-state index contributed by atoms with van der Waals surface area (Å²) in [7, 11) is 0. The lowest BCUT2D eigenvalue weighted by atomic mass is 10.2. The number of urea groups is 1. The standard InChI is InChI=1S/C12H21N3O4/c16-10(11(17)18)7-13-12(19)15-6-2-5-14-4-1-3-9(14)8-15/h9-10,16H,1-8H2,(H,13,19)(H,17,18). The molecule has 0 spiro atoms. The van der Waals surface area contributed by atoms with Crippen molar-refractivity contribution in [3.05, 3.63) is 0 Å². The number of rotatable bonds is 3. The first-order valence-corrected chi connectivity index (χ1v) is 6.75. The molecule has 7 heteroatoms. The van der Waals surface area contributed by atoms with Gasteiger partial charge in [-0.2, -0.15) is 0 Å². The average Bonchev–Trinajstić information content (AvgIpc) is 2.72. The van der Waals surface area contributed by atoms with Crippen LogP contribution in [0.25, 0.3) is 0 Å². The molecular formula is C12H21N3O4. The van der Waals surface area contributed by atoms with E-state index in [1.54, 1.807) is 4.90 Å². The summed E-state index contributed by atoms with van der Waals surface area (Å²) in [6.07, 6.45) is 1.68. The minimum absolute atomic E-state index is 0.251. The van der Waals surface area contributed by atoms with Crippen molar-refractivity contribution in [2.24, 2.45) is 0 Å². The number of carboxylic acid groups (broad SMARTS) is 1. The van der Waals surface area contributed by atoms with Gasteiger partial charge in [0.05, 0.1) is 6.54 Å². The molecule has 108 valence electrons. The second kappa shape index (κ2) is 6.21. The number of hydrogen-bond acceptors (Lipinski definition) is 4. The molecule has 2 heterocycles. The first-order valence-electron chi connectivity index (χ1n) is 6.75. The predicted octanol–water partition coefficient (Wildman–Crippen LogP) is -0.688. The number of aliphatic carboxylic acids is 1. The Bertz CT molecular complexity index is 350. The number of nitrogens with one attached hydrogen (secondary N) is 1. The van der Waals surface area contributed by atoms with Crippen LogP contribution >= 0.6 is 0 Å². The number of aliphatic hydroxyl groups excluding tert-OH is 1. The summed E-state index contributed by atoms with van der Waals surface area (Å²) in [6, 6.07) is 0.145. The van der Waals surface area contributed by atoms with Gasteiger partial charge in [0.2, 0.25) is 0 Å². The maximum absolute atomic E-state index is 12.0. The Morgan fingerprint density at radius 3 is 2.74 bits per heavy atom. The lowest BCUT2D eigenvalue weighted by Crippen LogP contribution is -2.47. The molecule has 0 aromatic carbocycles. The quantitative estimate of drug-likeness (QED) is 0.632. The average molecular weight is 271 g/mol. The molecule has 3 N–H and O–H groups in total. The largest absolute Gasteiger partial charge is 0.479 e. The van der Waals surface area contributed by atoms with E-state index in [0.29, 0.717) is 19.1 Å². The van der Waals surface area contributed by atoms with Gasteiger partial charge in [0.25, 0.3) is 0 Å². The van der Waals surface area contributed by atoms with Crippen LogP contribution < -0.4 is 5.32 Å². The molecule has 2 saturated heterocycles. The molecule has 0 aliphatic carbocycles. The molecule has 0 aromatic rings. The molecule has 19 heavy (non-hydrogen) atoms. The van der Waals surface area contributed by atoms with Gasteiger partial charge in [-0.05, 0) is 25.8 Å². The zero-order valence-corrected chi connectivity index (χ0v) is 10.9. The number of amides is 2. The Morgan fingerprint density at radius 2 is 2.00 bits per heavy atom. The topological polar surface area (TPSA) is 93.1 Å². The van der Waals surface area contributed by atoms with Gasteiger partial charge in [0.15, 0.2) is 6.10 Å². The van der Waals surface area contributed by atoms with Crippen molar-refractivity contribution in [1.82, 2.24) is 15.1 Å². The highest BCUT2D eigenvalue weighted by Gasteiger charge is 2.30. The number of carbonyl (C=O) groups is 2. The van der Waals surface area contributed by atoms with Crippen LogP contribution in [-0.4, -0.2) is 76.9 Å². The molecule has 0 aromatic heterocycles. The van der Waals surface area contributed by atoms with Crippen molar-refractivity contribution in [3.63, 3.8) is 0 Å². The van der Waals surface area contributed by atoms with Gasteiger partial charge in [0, 0.05) is 25.7 Å². The van der Waals surface area contributed by atoms with Gasteiger partial charge in [-0.15, -0.1) is 0 Å². The third-order valence-corrected chi connectivity index (χ3v) is 3.82. The second-order valence-corrected chi connectivity index (χ2v) is 5.17. The highest BCUT2D eigenvalue weighted by Crippen LogP contribution is 2.21. The summed E-state index contributed by atoms with van der Waals surface area (Å²) >= 11 is 0. The summed E-state index contributed by atoms with van der Waals surface area (Å²) in [5, 5.41) is 20.2. The Labute approximate surface area is 112 Å². The van der Waals surface area contributed by atoms with Crippen LogP contribution in [0.3, 0.4) is 0 Å². The lowest BCUT2D eigenvalue weighted by Gasteiger charge is -2.26. The second-order valence-electron chi connectivity index (χ2n) is 5.17. The van der Waals surface area contributed by atoms with E-state index in [2.05, 4.69) is 10.2 Å². The lowest BCUT2D eigenvalue weighted by molar-refractivity contribution is -0.146. The third kappa shape index (κ3) is 3.57. The van der Waals surface area contributed by atoms with E-state index in [4.69, 9.17) is 10.2 Å². The fourth-order valence-electron chi connectivity index (χ4n) is 2.77. The Hall–Kier alpha value is -1.34. The van der Waals surface area contributed by atoms with E-state index >= 15 is 0 Å². The number of carbonyl (C=O) groups excluding carboxylic acids is 1. The molecule has 7 nitrogen and oxygen atoms in total. The Kier molecular flexibility index (Phi) is 4.60. The van der Waals surface area contributed by atoms with E-state index in [9.17, 15) is 9.59 Å². The number of carboxylic acids is 1. The van der Waals surface area contributed by atoms with Crippen LogP contribution in [-0.2, 0) is 4.79 Å². The summed E-state index contributed by atoms with van der Waals surface area (Å²) < 4.78 is 0. The molecule has 0 radical (unpaired) electrons. The summed E-state index contributed by atoms with van der Waals surface area (Å²) in [4.78, 5) is 26.6. The number of nitrogens with zero attached hydrogens (tertiary/aromatic N) is 2. The van der Waals surface area contributed by atoms with Crippen LogP contribution in [0.1, 0.15) is 19.3 Å². The molecule has 0 bridgehead atoms. The monoisotopic (exact) mass is 271 g/mol. The Balaban J connectivity index is 1.83. The van der Waals surface area contributed by atoms with Crippen LogP contribution in [0.4, 0.5) is 4.79 Å². The third-order valence-electron chi connectivity index (χ3n) is 3.82. The molecular weight excluding hydrogens is 250 g/mol. The highest BCUT2D eigenvalue weighted by atomic mass is 16.4. The number of hydrogen-bond donors (Lipinski definition) is 3. The van der Waals surface area contributed by atoms with Crippen LogP contribution in [0.15, 0.2) is 0 Å². The first kappa shape index (κ1) is 14.1. The van der Waals surface area contributed by atoms with Gasteiger partial charge in [-0.3, -0.25) is 4.90 Å². The van der Waals surface area contributed by atoms with E-state index in [0.717, 1.165) is 25.9 Å². The summed E-state index contributed by atoms with van der Waals surface area (Å²) in [5.74, 6) is -1.32. The fraction of sp³-hybridized carbons (Fsp3) is 0.833. The van der Waals surface area contributed by atoms with Gasteiger partial charge < -0.3 is 20.4 Å². The van der Waals surface area contributed by atoms with Crippen molar-refractivity contribution >= 4 is 12.0 Å². The molecule has 2 fully saturated rings. The number of fused-ring (bicyclic) bond motifs is 1. The predicted molar refractivity (Wildman–Crippen MR) is 67.8 cm³/mol.